The fraction of sp³-hybridized carbons (Fsp3) is 0.310. The molecule has 1 N–H and O–H groups in total. The van der Waals surface area contributed by atoms with Gasteiger partial charge in [-0.3, -0.25) is 13.9 Å². The molecule has 0 aliphatic rings. The molecule has 0 fully saturated rings. The molecule has 2 amide bonds. The quantitative estimate of drug-likeness (QED) is 0.393. The van der Waals surface area contributed by atoms with Gasteiger partial charge in [-0.2, -0.15) is 0 Å². The van der Waals surface area contributed by atoms with Crippen molar-refractivity contribution >= 4 is 27.5 Å². The van der Waals surface area contributed by atoms with Crippen molar-refractivity contribution in [2.75, 3.05) is 17.4 Å². The Kier molecular flexibility index (Phi) is 9.63. The van der Waals surface area contributed by atoms with E-state index in [4.69, 9.17) is 0 Å². The summed E-state index contributed by atoms with van der Waals surface area (Å²) in [5.74, 6) is -1.43. The van der Waals surface area contributed by atoms with Crippen LogP contribution in [0.3, 0.4) is 0 Å². The van der Waals surface area contributed by atoms with Gasteiger partial charge in [-0.25, -0.2) is 12.8 Å². The summed E-state index contributed by atoms with van der Waals surface area (Å²) < 4.78 is 41.9. The Labute approximate surface area is 224 Å². The van der Waals surface area contributed by atoms with Gasteiger partial charge in [0.05, 0.1) is 10.6 Å². The summed E-state index contributed by atoms with van der Waals surface area (Å²) >= 11 is 0. The molecule has 38 heavy (non-hydrogen) atoms. The van der Waals surface area contributed by atoms with Gasteiger partial charge in [-0.15, -0.1) is 0 Å². The van der Waals surface area contributed by atoms with E-state index in [1.807, 2.05) is 51.1 Å². The van der Waals surface area contributed by atoms with E-state index in [0.29, 0.717) is 6.42 Å². The minimum atomic E-state index is -4.23. The van der Waals surface area contributed by atoms with Gasteiger partial charge in [0.1, 0.15) is 18.4 Å². The number of nitrogens with one attached hydrogen (secondary N) is 1. The van der Waals surface area contributed by atoms with E-state index < -0.39 is 34.3 Å². The van der Waals surface area contributed by atoms with Gasteiger partial charge < -0.3 is 10.2 Å². The summed E-state index contributed by atoms with van der Waals surface area (Å²) in [5.41, 5.74) is 2.19. The van der Waals surface area contributed by atoms with E-state index in [9.17, 15) is 22.4 Å². The third-order valence-electron chi connectivity index (χ3n) is 6.08. The molecule has 0 saturated carbocycles. The molecule has 0 aliphatic heterocycles. The molecule has 0 heterocycles. The smallest absolute Gasteiger partial charge is 0.264 e. The fourth-order valence-corrected chi connectivity index (χ4v) is 5.36. The Hall–Kier alpha value is -3.72. The van der Waals surface area contributed by atoms with Crippen molar-refractivity contribution in [2.45, 2.75) is 51.1 Å². The van der Waals surface area contributed by atoms with Crippen LogP contribution in [-0.2, 0) is 26.0 Å². The van der Waals surface area contributed by atoms with E-state index in [1.54, 1.807) is 31.2 Å². The van der Waals surface area contributed by atoms with E-state index >= 15 is 0 Å². The molecular formula is C29H34FN3O4S. The van der Waals surface area contributed by atoms with Crippen molar-refractivity contribution < 1.29 is 22.4 Å². The molecule has 3 rings (SSSR count). The van der Waals surface area contributed by atoms with Crippen molar-refractivity contribution in [3.8, 4) is 0 Å². The summed E-state index contributed by atoms with van der Waals surface area (Å²) in [7, 11) is -4.23. The van der Waals surface area contributed by atoms with Crippen molar-refractivity contribution in [1.82, 2.24) is 10.2 Å². The number of halogens is 1. The van der Waals surface area contributed by atoms with Crippen LogP contribution in [0.25, 0.3) is 0 Å². The van der Waals surface area contributed by atoms with Crippen molar-refractivity contribution in [1.29, 1.82) is 0 Å². The van der Waals surface area contributed by atoms with Gasteiger partial charge in [-0.05, 0) is 76.1 Å². The van der Waals surface area contributed by atoms with Crippen molar-refractivity contribution in [3.05, 3.63) is 95.8 Å². The average molecular weight is 540 g/mol. The fourth-order valence-electron chi connectivity index (χ4n) is 3.95. The highest BCUT2D eigenvalue weighted by molar-refractivity contribution is 7.92. The third-order valence-corrected chi connectivity index (χ3v) is 7.87. The minimum Gasteiger partial charge on any atom is -0.352 e. The molecule has 0 aromatic heterocycles. The Balaban J connectivity index is 1.97. The van der Waals surface area contributed by atoms with E-state index in [-0.39, 0.29) is 29.1 Å². The number of nitrogens with zero attached hydrogens (tertiary/aromatic N) is 2. The van der Waals surface area contributed by atoms with Crippen LogP contribution >= 0.6 is 0 Å². The monoisotopic (exact) mass is 539 g/mol. The van der Waals surface area contributed by atoms with Crippen LogP contribution in [0.5, 0.6) is 0 Å². The number of aryl methyl sites for hydroxylation is 1. The van der Waals surface area contributed by atoms with Crippen molar-refractivity contribution in [2.24, 2.45) is 0 Å². The zero-order chi connectivity index (χ0) is 27.9. The maximum Gasteiger partial charge on any atom is 0.264 e. The molecule has 1 atom stereocenters. The maximum absolute atomic E-state index is 13.8. The molecule has 0 saturated heterocycles. The Morgan fingerprint density at radius 3 is 2.08 bits per heavy atom. The highest BCUT2D eigenvalue weighted by atomic mass is 32.2. The van der Waals surface area contributed by atoms with Crippen LogP contribution in [-0.4, -0.2) is 50.3 Å². The van der Waals surface area contributed by atoms with E-state index in [0.717, 1.165) is 27.6 Å². The summed E-state index contributed by atoms with van der Waals surface area (Å²) in [6, 6.07) is 19.8. The van der Waals surface area contributed by atoms with Gasteiger partial charge >= 0.3 is 0 Å². The van der Waals surface area contributed by atoms with Crippen LogP contribution < -0.4 is 9.62 Å². The zero-order valence-corrected chi connectivity index (χ0v) is 22.9. The second-order valence-corrected chi connectivity index (χ2v) is 11.3. The summed E-state index contributed by atoms with van der Waals surface area (Å²) in [5, 5.41) is 2.83. The third kappa shape index (κ3) is 7.41. The molecule has 1 unspecified atom stereocenters. The number of hydrogen-bond acceptors (Lipinski definition) is 4. The maximum atomic E-state index is 13.8. The second kappa shape index (κ2) is 12.7. The normalized spacial score (nSPS) is 12.2. The predicted molar refractivity (Wildman–Crippen MR) is 147 cm³/mol. The lowest BCUT2D eigenvalue weighted by atomic mass is 10.1. The Bertz CT molecular complexity index is 1330. The number of carbonyl (C=O) groups excluding carboxylic acids is 2. The molecule has 0 radical (unpaired) electrons. The van der Waals surface area contributed by atoms with Crippen molar-refractivity contribution in [3.63, 3.8) is 0 Å². The van der Waals surface area contributed by atoms with Gasteiger partial charge in [0, 0.05) is 12.6 Å². The van der Waals surface area contributed by atoms with E-state index in [1.165, 1.54) is 17.0 Å². The lowest BCUT2D eigenvalue weighted by Gasteiger charge is -2.32. The standard InChI is InChI=1S/C29H34FN3O4S/c1-21(2)31-29(35)23(4)32(19-18-24-8-6-5-7-9-24)28(34)20-33(26-14-10-22(3)11-15-26)38(36,37)27-16-12-25(30)13-17-27/h5-17,21,23H,18-20H2,1-4H3,(H,31,35). The number of benzene rings is 3. The number of anilines is 1. The summed E-state index contributed by atoms with van der Waals surface area (Å²) in [6.45, 7) is 6.84. The first-order valence-electron chi connectivity index (χ1n) is 12.5. The molecule has 7 nitrogen and oxygen atoms in total. The SMILES string of the molecule is Cc1ccc(N(CC(=O)N(CCc2ccccc2)C(C)C(=O)NC(C)C)S(=O)(=O)c2ccc(F)cc2)cc1. The lowest BCUT2D eigenvalue weighted by molar-refractivity contribution is -0.139. The van der Waals surface area contributed by atoms with Gasteiger partial charge in [-0.1, -0.05) is 48.0 Å². The Morgan fingerprint density at radius 1 is 0.895 bits per heavy atom. The number of hydrogen-bond donors (Lipinski definition) is 1. The molecule has 0 bridgehead atoms. The van der Waals surface area contributed by atoms with Crippen LogP contribution in [0, 0.1) is 12.7 Å². The van der Waals surface area contributed by atoms with Crippen LogP contribution in [0.2, 0.25) is 0 Å². The molecule has 0 spiro atoms. The highest BCUT2D eigenvalue weighted by Gasteiger charge is 2.32. The van der Waals surface area contributed by atoms with Gasteiger partial charge in [0.2, 0.25) is 11.8 Å². The largest absolute Gasteiger partial charge is 0.352 e. The van der Waals surface area contributed by atoms with Crippen LogP contribution in [0.15, 0.2) is 83.8 Å². The minimum absolute atomic E-state index is 0.126. The molecule has 3 aromatic carbocycles. The summed E-state index contributed by atoms with van der Waals surface area (Å²) in [4.78, 5) is 27.9. The zero-order valence-electron chi connectivity index (χ0n) is 22.1. The van der Waals surface area contributed by atoms with Gasteiger partial charge in [0.15, 0.2) is 0 Å². The topological polar surface area (TPSA) is 86.8 Å². The molecular weight excluding hydrogens is 505 g/mol. The number of carbonyl (C=O) groups is 2. The second-order valence-electron chi connectivity index (χ2n) is 9.46. The summed E-state index contributed by atoms with van der Waals surface area (Å²) in [6.07, 6.45) is 0.487. The number of amides is 2. The van der Waals surface area contributed by atoms with E-state index in [2.05, 4.69) is 5.32 Å². The molecule has 9 heteroatoms. The first-order valence-corrected chi connectivity index (χ1v) is 13.9. The number of sulfonamides is 1. The first kappa shape index (κ1) is 28.8. The van der Waals surface area contributed by atoms with Gasteiger partial charge in [0.25, 0.3) is 10.0 Å². The molecule has 202 valence electrons. The molecule has 0 aliphatic carbocycles. The number of rotatable bonds is 11. The lowest BCUT2D eigenvalue weighted by Crippen LogP contribution is -2.53. The average Bonchev–Trinajstić information content (AvgIpc) is 2.88. The molecule has 3 aromatic rings. The van der Waals surface area contributed by atoms with Crippen LogP contribution in [0.4, 0.5) is 10.1 Å². The first-order chi connectivity index (χ1) is 18.0. The highest BCUT2D eigenvalue weighted by Crippen LogP contribution is 2.25. The predicted octanol–water partition coefficient (Wildman–Crippen LogP) is 4.31. The van der Waals surface area contributed by atoms with Crippen LogP contribution in [0.1, 0.15) is 31.9 Å². The Morgan fingerprint density at radius 2 is 1.50 bits per heavy atom.